The Hall–Kier alpha value is -3.21. The molecule has 5 heteroatoms. The SMILES string of the molecule is CN1C(=O)c2cccc(NC(=O)/C=C/c3ccccc3)c2C1=O. The number of rotatable bonds is 3. The number of nitrogens with one attached hydrogen (secondary N) is 1. The molecule has 3 amide bonds. The first kappa shape index (κ1) is 14.7. The molecular weight excluding hydrogens is 292 g/mol. The molecule has 2 aromatic carbocycles. The van der Waals surface area contributed by atoms with Crippen LogP contribution in [-0.2, 0) is 4.79 Å². The third-order valence-corrected chi connectivity index (χ3v) is 3.60. The molecule has 2 aromatic rings. The number of carbonyl (C=O) groups is 3. The van der Waals surface area contributed by atoms with Crippen LogP contribution in [0.5, 0.6) is 0 Å². The van der Waals surface area contributed by atoms with Crippen molar-refractivity contribution in [2.75, 3.05) is 12.4 Å². The second kappa shape index (κ2) is 5.88. The summed E-state index contributed by atoms with van der Waals surface area (Å²) < 4.78 is 0. The van der Waals surface area contributed by atoms with E-state index in [4.69, 9.17) is 0 Å². The lowest BCUT2D eigenvalue weighted by Gasteiger charge is -2.07. The van der Waals surface area contributed by atoms with Crippen molar-refractivity contribution in [3.63, 3.8) is 0 Å². The Labute approximate surface area is 133 Å². The molecule has 1 aliphatic heterocycles. The van der Waals surface area contributed by atoms with Crippen LogP contribution < -0.4 is 5.32 Å². The fourth-order valence-corrected chi connectivity index (χ4v) is 2.42. The maximum atomic E-state index is 12.1. The van der Waals surface area contributed by atoms with Crippen LogP contribution in [0.15, 0.2) is 54.6 Å². The van der Waals surface area contributed by atoms with E-state index in [9.17, 15) is 14.4 Å². The van der Waals surface area contributed by atoms with Crippen molar-refractivity contribution in [3.8, 4) is 0 Å². The largest absolute Gasteiger partial charge is 0.322 e. The van der Waals surface area contributed by atoms with Gasteiger partial charge in [0.25, 0.3) is 11.8 Å². The fourth-order valence-electron chi connectivity index (χ4n) is 2.42. The summed E-state index contributed by atoms with van der Waals surface area (Å²) in [5, 5.41) is 2.66. The van der Waals surface area contributed by atoms with Crippen LogP contribution in [0.2, 0.25) is 0 Å². The van der Waals surface area contributed by atoms with Crippen molar-refractivity contribution < 1.29 is 14.4 Å². The molecule has 0 bridgehead atoms. The summed E-state index contributed by atoms with van der Waals surface area (Å²) in [6, 6.07) is 14.2. The molecule has 0 aliphatic carbocycles. The molecule has 1 heterocycles. The number of fused-ring (bicyclic) bond motifs is 1. The number of anilines is 1. The van der Waals surface area contributed by atoms with Crippen LogP contribution in [-0.4, -0.2) is 29.7 Å². The average Bonchev–Trinajstić information content (AvgIpc) is 2.79. The van der Waals surface area contributed by atoms with Gasteiger partial charge in [-0.15, -0.1) is 0 Å². The number of imide groups is 1. The number of amides is 3. The van der Waals surface area contributed by atoms with Gasteiger partial charge in [-0.1, -0.05) is 36.4 Å². The van der Waals surface area contributed by atoms with E-state index in [-0.39, 0.29) is 17.4 Å². The van der Waals surface area contributed by atoms with Crippen molar-refractivity contribution in [2.24, 2.45) is 0 Å². The molecule has 3 rings (SSSR count). The quantitative estimate of drug-likeness (QED) is 0.700. The highest BCUT2D eigenvalue weighted by molar-refractivity contribution is 6.24. The van der Waals surface area contributed by atoms with Gasteiger partial charge in [-0.2, -0.15) is 0 Å². The Balaban J connectivity index is 1.82. The monoisotopic (exact) mass is 306 g/mol. The van der Waals surface area contributed by atoms with Gasteiger partial charge in [0.1, 0.15) is 0 Å². The van der Waals surface area contributed by atoms with Gasteiger partial charge >= 0.3 is 0 Å². The highest BCUT2D eigenvalue weighted by Gasteiger charge is 2.34. The van der Waals surface area contributed by atoms with E-state index in [1.807, 2.05) is 30.3 Å². The van der Waals surface area contributed by atoms with Crippen LogP contribution >= 0.6 is 0 Å². The average molecular weight is 306 g/mol. The maximum absolute atomic E-state index is 12.1. The fraction of sp³-hybridized carbons (Fsp3) is 0.0556. The van der Waals surface area contributed by atoms with Gasteiger partial charge in [-0.05, 0) is 23.8 Å². The normalized spacial score (nSPS) is 13.5. The second-order valence-corrected chi connectivity index (χ2v) is 5.13. The zero-order chi connectivity index (χ0) is 16.4. The molecule has 1 N–H and O–H groups in total. The van der Waals surface area contributed by atoms with Crippen molar-refractivity contribution >= 4 is 29.5 Å². The molecule has 23 heavy (non-hydrogen) atoms. The molecule has 0 radical (unpaired) electrons. The zero-order valence-corrected chi connectivity index (χ0v) is 12.4. The Morgan fingerprint density at radius 2 is 1.74 bits per heavy atom. The predicted octanol–water partition coefficient (Wildman–Crippen LogP) is 2.56. The number of nitrogens with zero attached hydrogens (tertiary/aromatic N) is 1. The Morgan fingerprint density at radius 3 is 2.48 bits per heavy atom. The van der Waals surface area contributed by atoms with Gasteiger partial charge in [0.05, 0.1) is 16.8 Å². The van der Waals surface area contributed by atoms with E-state index in [2.05, 4.69) is 5.32 Å². The maximum Gasteiger partial charge on any atom is 0.263 e. The highest BCUT2D eigenvalue weighted by atomic mass is 16.2. The summed E-state index contributed by atoms with van der Waals surface area (Å²) in [4.78, 5) is 37.1. The molecule has 0 spiro atoms. The topological polar surface area (TPSA) is 66.5 Å². The van der Waals surface area contributed by atoms with Crippen LogP contribution in [0.1, 0.15) is 26.3 Å². The summed E-state index contributed by atoms with van der Waals surface area (Å²) in [7, 11) is 1.42. The minimum Gasteiger partial charge on any atom is -0.322 e. The van der Waals surface area contributed by atoms with Crippen LogP contribution in [0.25, 0.3) is 6.08 Å². The molecule has 0 atom stereocenters. The highest BCUT2D eigenvalue weighted by Crippen LogP contribution is 2.28. The van der Waals surface area contributed by atoms with E-state index in [1.165, 1.54) is 13.1 Å². The van der Waals surface area contributed by atoms with E-state index in [1.54, 1.807) is 24.3 Å². The molecule has 5 nitrogen and oxygen atoms in total. The molecule has 114 valence electrons. The molecule has 0 aromatic heterocycles. The van der Waals surface area contributed by atoms with Crippen molar-refractivity contribution in [1.29, 1.82) is 0 Å². The number of hydrogen-bond donors (Lipinski definition) is 1. The number of carbonyl (C=O) groups excluding carboxylic acids is 3. The summed E-state index contributed by atoms with van der Waals surface area (Å²) in [5.41, 5.74) is 1.78. The van der Waals surface area contributed by atoms with E-state index >= 15 is 0 Å². The molecule has 0 saturated carbocycles. The molecule has 0 fully saturated rings. The van der Waals surface area contributed by atoms with Crippen molar-refractivity contribution in [2.45, 2.75) is 0 Å². The summed E-state index contributed by atoms with van der Waals surface area (Å²) in [6.45, 7) is 0. The number of benzene rings is 2. The van der Waals surface area contributed by atoms with Crippen LogP contribution in [0.3, 0.4) is 0 Å². The predicted molar refractivity (Wildman–Crippen MR) is 87.0 cm³/mol. The Bertz CT molecular complexity index is 825. The van der Waals surface area contributed by atoms with E-state index in [0.29, 0.717) is 11.3 Å². The summed E-state index contributed by atoms with van der Waals surface area (Å²) in [5.74, 6) is -1.13. The third kappa shape index (κ3) is 2.76. The van der Waals surface area contributed by atoms with E-state index < -0.39 is 5.91 Å². The minimum atomic E-state index is -0.409. The zero-order valence-electron chi connectivity index (χ0n) is 12.4. The first-order chi connectivity index (χ1) is 11.1. The molecule has 0 saturated heterocycles. The van der Waals surface area contributed by atoms with Gasteiger partial charge in [0.15, 0.2) is 0 Å². The molecular formula is C18H14N2O3. The van der Waals surface area contributed by atoms with Gasteiger partial charge in [-0.25, -0.2) is 0 Å². The Morgan fingerprint density at radius 1 is 1.00 bits per heavy atom. The van der Waals surface area contributed by atoms with Crippen molar-refractivity contribution in [1.82, 2.24) is 4.90 Å². The standard InChI is InChI=1S/C18H14N2O3/c1-20-17(22)13-8-5-9-14(16(13)18(20)23)19-15(21)11-10-12-6-3-2-4-7-12/h2-11H,1H3,(H,19,21)/b11-10+. The van der Waals surface area contributed by atoms with Gasteiger partial charge in [0.2, 0.25) is 5.91 Å². The van der Waals surface area contributed by atoms with E-state index in [0.717, 1.165) is 10.5 Å². The first-order valence-corrected chi connectivity index (χ1v) is 7.07. The van der Waals surface area contributed by atoms with Crippen LogP contribution in [0, 0.1) is 0 Å². The minimum absolute atomic E-state index is 0.237. The second-order valence-electron chi connectivity index (χ2n) is 5.13. The Kier molecular flexibility index (Phi) is 3.76. The lowest BCUT2D eigenvalue weighted by molar-refractivity contribution is -0.111. The van der Waals surface area contributed by atoms with Crippen LogP contribution in [0.4, 0.5) is 5.69 Å². The smallest absolute Gasteiger partial charge is 0.263 e. The summed E-state index contributed by atoms with van der Waals surface area (Å²) >= 11 is 0. The van der Waals surface area contributed by atoms with Gasteiger partial charge in [-0.3, -0.25) is 19.3 Å². The van der Waals surface area contributed by atoms with Crippen molar-refractivity contribution in [3.05, 3.63) is 71.3 Å². The third-order valence-electron chi connectivity index (χ3n) is 3.60. The lowest BCUT2D eigenvalue weighted by Crippen LogP contribution is -2.24. The number of hydrogen-bond acceptors (Lipinski definition) is 3. The molecule has 1 aliphatic rings. The molecule has 0 unspecified atom stereocenters. The van der Waals surface area contributed by atoms with Gasteiger partial charge in [0, 0.05) is 13.1 Å². The lowest BCUT2D eigenvalue weighted by atomic mass is 10.1. The van der Waals surface area contributed by atoms with Gasteiger partial charge < -0.3 is 5.32 Å². The summed E-state index contributed by atoms with van der Waals surface area (Å²) in [6.07, 6.45) is 3.07. The first-order valence-electron chi connectivity index (χ1n) is 7.07.